The van der Waals surface area contributed by atoms with Crippen molar-refractivity contribution in [1.29, 1.82) is 0 Å². The molecule has 8 heteroatoms. The number of halogens is 1. The standard InChI is InChI=1S/C33H51ClN4O2.C5H10O/c1-11-22(6)14-15-25(18-21(4)5)24(8)38-17-16-36-32(35)31(38)29(23(7)12-2)30-27(34)19-26(33(39)37(9)10)20-28(30)40-13-3;1-3-4-5(2)6/h16-17,19-23,25H,8,11-15,18H2,1-7,9-10H3,(H2,35,36);3-4H2,1-2H3/b31-29+;/t22-,23?,25?;/m1./s1. The summed E-state index contributed by atoms with van der Waals surface area (Å²) in [6.45, 7) is 24.0. The molecule has 1 aliphatic rings. The number of amides is 1. The Hall–Kier alpha value is -3.06. The Morgan fingerprint density at radius 2 is 1.72 bits per heavy atom. The predicted molar refractivity (Wildman–Crippen MR) is 196 cm³/mol. The lowest BCUT2D eigenvalue weighted by Gasteiger charge is -2.36. The lowest BCUT2D eigenvalue weighted by molar-refractivity contribution is -0.117. The van der Waals surface area contributed by atoms with E-state index in [9.17, 15) is 9.59 Å². The van der Waals surface area contributed by atoms with Crippen LogP contribution in [0.4, 0.5) is 0 Å². The molecule has 1 heterocycles. The lowest BCUT2D eigenvalue weighted by atomic mass is 9.85. The van der Waals surface area contributed by atoms with Crippen molar-refractivity contribution in [3.05, 3.63) is 58.7 Å². The second-order valence-electron chi connectivity index (χ2n) is 13.1. The van der Waals surface area contributed by atoms with Crippen LogP contribution in [0.1, 0.15) is 123 Å². The summed E-state index contributed by atoms with van der Waals surface area (Å²) in [7, 11) is 3.45. The van der Waals surface area contributed by atoms with Gasteiger partial charge in [-0.05, 0) is 80.9 Å². The quantitative estimate of drug-likeness (QED) is 0.191. The number of amidine groups is 1. The van der Waals surface area contributed by atoms with Crippen LogP contribution in [0.3, 0.4) is 0 Å². The average molecular weight is 657 g/mol. The molecule has 1 amide bonds. The molecule has 0 aliphatic carbocycles. The molecule has 0 radical (unpaired) electrons. The Kier molecular flexibility index (Phi) is 18.0. The predicted octanol–water partition coefficient (Wildman–Crippen LogP) is 9.72. The van der Waals surface area contributed by atoms with E-state index in [2.05, 4.69) is 58.0 Å². The van der Waals surface area contributed by atoms with Gasteiger partial charge in [0.15, 0.2) is 0 Å². The third-order valence-electron chi connectivity index (χ3n) is 8.39. The highest BCUT2D eigenvalue weighted by Gasteiger charge is 2.31. The van der Waals surface area contributed by atoms with Crippen molar-refractivity contribution in [2.24, 2.45) is 34.4 Å². The van der Waals surface area contributed by atoms with Crippen LogP contribution in [0.25, 0.3) is 5.57 Å². The van der Waals surface area contributed by atoms with E-state index < -0.39 is 0 Å². The first-order valence-electron chi connectivity index (χ1n) is 17.0. The SMILES string of the molecule is C=C(C(CC[C@H](C)CC)CC(C)C)N1C=CN=C(N)/C1=C(\c1c(Cl)cc(C(=O)N(C)C)cc1OCC)C(C)CC.CCCC(C)=O. The molecule has 2 N–H and O–H groups in total. The number of rotatable bonds is 16. The molecular formula is C38H61ClN4O3. The summed E-state index contributed by atoms with van der Waals surface area (Å²) in [5, 5.41) is 0.447. The second-order valence-corrected chi connectivity index (χ2v) is 13.5. The number of nitrogens with zero attached hydrogens (tertiary/aromatic N) is 3. The highest BCUT2D eigenvalue weighted by Crippen LogP contribution is 2.44. The number of benzene rings is 1. The van der Waals surface area contributed by atoms with Crippen LogP contribution < -0.4 is 10.5 Å². The maximum Gasteiger partial charge on any atom is 0.253 e. The van der Waals surface area contributed by atoms with E-state index in [1.807, 2.05) is 20.0 Å². The van der Waals surface area contributed by atoms with E-state index in [1.165, 1.54) is 11.3 Å². The van der Waals surface area contributed by atoms with Gasteiger partial charge in [0, 0.05) is 49.7 Å². The molecule has 0 spiro atoms. The Bertz CT molecular complexity index is 1260. The smallest absolute Gasteiger partial charge is 0.253 e. The van der Waals surface area contributed by atoms with Gasteiger partial charge in [-0.2, -0.15) is 0 Å². The van der Waals surface area contributed by atoms with E-state index in [4.69, 9.17) is 22.1 Å². The number of nitrogens with two attached hydrogens (primary N) is 1. The number of hydrogen-bond donors (Lipinski definition) is 1. The first kappa shape index (κ1) is 41.0. The van der Waals surface area contributed by atoms with Crippen LogP contribution in [-0.2, 0) is 4.79 Å². The number of aliphatic imine (C=N–C) groups is 1. The van der Waals surface area contributed by atoms with Crippen molar-refractivity contribution in [3.63, 3.8) is 0 Å². The Morgan fingerprint density at radius 1 is 1.07 bits per heavy atom. The van der Waals surface area contributed by atoms with Crippen molar-refractivity contribution in [2.75, 3.05) is 20.7 Å². The molecule has 258 valence electrons. The number of carbonyl (C=O) groups is 2. The van der Waals surface area contributed by atoms with E-state index in [0.29, 0.717) is 46.5 Å². The molecule has 0 bridgehead atoms. The van der Waals surface area contributed by atoms with Gasteiger partial charge in [-0.15, -0.1) is 0 Å². The van der Waals surface area contributed by atoms with E-state index in [-0.39, 0.29) is 17.6 Å². The summed E-state index contributed by atoms with van der Waals surface area (Å²) in [6, 6.07) is 3.51. The zero-order valence-corrected chi connectivity index (χ0v) is 31.3. The van der Waals surface area contributed by atoms with Gasteiger partial charge in [-0.1, -0.05) is 79.5 Å². The molecule has 7 nitrogen and oxygen atoms in total. The summed E-state index contributed by atoms with van der Waals surface area (Å²) < 4.78 is 6.13. The lowest BCUT2D eigenvalue weighted by Crippen LogP contribution is -2.34. The summed E-state index contributed by atoms with van der Waals surface area (Å²) in [4.78, 5) is 31.1. The van der Waals surface area contributed by atoms with Gasteiger partial charge in [0.1, 0.15) is 17.4 Å². The molecule has 2 unspecified atom stereocenters. The zero-order valence-electron chi connectivity index (χ0n) is 30.5. The molecule has 0 saturated heterocycles. The third kappa shape index (κ3) is 11.9. The Morgan fingerprint density at radius 3 is 2.20 bits per heavy atom. The Labute approximate surface area is 285 Å². The van der Waals surface area contributed by atoms with Gasteiger partial charge in [-0.25, -0.2) is 4.99 Å². The molecule has 1 aliphatic heterocycles. The summed E-state index contributed by atoms with van der Waals surface area (Å²) in [5.41, 5.74) is 10.6. The summed E-state index contributed by atoms with van der Waals surface area (Å²) in [5.74, 6) is 2.68. The first-order chi connectivity index (χ1) is 21.6. The minimum Gasteiger partial charge on any atom is -0.493 e. The van der Waals surface area contributed by atoms with Crippen LogP contribution in [0.2, 0.25) is 5.02 Å². The number of ether oxygens (including phenoxy) is 1. The second kappa shape index (κ2) is 20.2. The molecule has 1 aromatic rings. The molecule has 0 saturated carbocycles. The number of allylic oxidation sites excluding steroid dienone is 2. The van der Waals surface area contributed by atoms with Gasteiger partial charge < -0.3 is 25.1 Å². The van der Waals surface area contributed by atoms with Gasteiger partial charge in [0.2, 0.25) is 0 Å². The van der Waals surface area contributed by atoms with Crippen molar-refractivity contribution >= 4 is 34.7 Å². The molecule has 0 fully saturated rings. The number of hydrogen-bond acceptors (Lipinski definition) is 6. The van der Waals surface area contributed by atoms with Crippen molar-refractivity contribution in [3.8, 4) is 5.75 Å². The minimum absolute atomic E-state index is 0.0707. The monoisotopic (exact) mass is 656 g/mol. The number of carbonyl (C=O) groups excluding carboxylic acids is 2. The zero-order chi connectivity index (χ0) is 35.1. The molecule has 46 heavy (non-hydrogen) atoms. The average Bonchev–Trinajstić information content (AvgIpc) is 2.99. The van der Waals surface area contributed by atoms with Crippen LogP contribution in [0, 0.1) is 23.7 Å². The van der Waals surface area contributed by atoms with Gasteiger partial charge in [0.05, 0.1) is 17.3 Å². The van der Waals surface area contributed by atoms with E-state index in [1.54, 1.807) is 39.4 Å². The third-order valence-corrected chi connectivity index (χ3v) is 8.69. The highest BCUT2D eigenvalue weighted by atomic mass is 35.5. The molecule has 3 atom stereocenters. The summed E-state index contributed by atoms with van der Waals surface area (Å²) >= 11 is 7.02. The fourth-order valence-corrected chi connectivity index (χ4v) is 5.78. The van der Waals surface area contributed by atoms with Crippen molar-refractivity contribution < 1.29 is 14.3 Å². The van der Waals surface area contributed by atoms with Gasteiger partial charge in [-0.3, -0.25) is 4.79 Å². The fourth-order valence-electron chi connectivity index (χ4n) is 5.47. The van der Waals surface area contributed by atoms with Crippen LogP contribution >= 0.6 is 11.6 Å². The number of ketones is 1. The molecule has 1 aromatic carbocycles. The minimum atomic E-state index is -0.137. The van der Waals surface area contributed by atoms with Crippen LogP contribution in [0.15, 0.2) is 47.5 Å². The van der Waals surface area contributed by atoms with Crippen LogP contribution in [0.5, 0.6) is 5.75 Å². The molecule has 0 aromatic heterocycles. The maximum absolute atomic E-state index is 12.8. The normalized spacial score (nSPS) is 15.8. The van der Waals surface area contributed by atoms with Gasteiger partial charge in [0.25, 0.3) is 5.91 Å². The largest absolute Gasteiger partial charge is 0.493 e. The summed E-state index contributed by atoms with van der Waals surface area (Å²) in [6.07, 6.45) is 10.7. The fraction of sp³-hybridized carbons (Fsp3) is 0.605. The van der Waals surface area contributed by atoms with Gasteiger partial charge >= 0.3 is 0 Å². The van der Waals surface area contributed by atoms with Crippen LogP contribution in [-0.4, -0.2) is 48.0 Å². The topological polar surface area (TPSA) is 88.2 Å². The maximum atomic E-state index is 12.8. The number of Topliss-reactive ketones (excluding diaryl/α,β-unsaturated/α-hetero) is 1. The van der Waals surface area contributed by atoms with E-state index >= 15 is 0 Å². The highest BCUT2D eigenvalue weighted by molar-refractivity contribution is 6.33. The first-order valence-corrected chi connectivity index (χ1v) is 17.4. The molecular weight excluding hydrogens is 596 g/mol. The van der Waals surface area contributed by atoms with Crippen molar-refractivity contribution in [2.45, 2.75) is 107 Å². The van der Waals surface area contributed by atoms with E-state index in [0.717, 1.165) is 61.1 Å². The molecule has 2 rings (SSSR count). The van der Waals surface area contributed by atoms with Crippen molar-refractivity contribution in [1.82, 2.24) is 9.80 Å². The Balaban J connectivity index is 0.00000160.